The van der Waals surface area contributed by atoms with Crippen LogP contribution >= 0.6 is 50.3 Å². The van der Waals surface area contributed by atoms with Gasteiger partial charge in [-0.3, -0.25) is 0 Å². The van der Waals surface area contributed by atoms with Crippen LogP contribution in [-0.2, 0) is 6.54 Å². The molecule has 0 aliphatic carbocycles. The standard InChI is InChI=1S/C15H13BrIN5O2S/c16-2-1-3-22-14-12(13(18)19-6-20-14)21-15(22)25-11-5-10-9(4-8(11)17)23-7-24-10/h4-6H,1-3,7H2,(H2,18,19,20). The van der Waals surface area contributed by atoms with Crippen LogP contribution in [0.15, 0.2) is 28.5 Å². The summed E-state index contributed by atoms with van der Waals surface area (Å²) in [5.41, 5.74) is 7.37. The molecular formula is C15H13BrIN5O2S. The molecule has 0 radical (unpaired) electrons. The first kappa shape index (κ1) is 17.2. The predicted octanol–water partition coefficient (Wildman–Crippen LogP) is 3.68. The summed E-state index contributed by atoms with van der Waals surface area (Å²) in [6.07, 6.45) is 2.43. The van der Waals surface area contributed by atoms with Crippen LogP contribution in [0.4, 0.5) is 5.82 Å². The number of halogens is 2. The Balaban J connectivity index is 1.77. The fraction of sp³-hybridized carbons (Fsp3) is 0.267. The minimum Gasteiger partial charge on any atom is -0.454 e. The molecule has 0 fully saturated rings. The molecule has 0 amide bonds. The fourth-order valence-corrected chi connectivity index (χ4v) is 4.47. The maximum atomic E-state index is 5.98. The average Bonchev–Trinajstić information content (AvgIpc) is 3.18. The zero-order chi connectivity index (χ0) is 17.4. The van der Waals surface area contributed by atoms with Crippen LogP contribution in [0, 0.1) is 3.57 Å². The van der Waals surface area contributed by atoms with E-state index in [0.717, 1.165) is 49.1 Å². The maximum Gasteiger partial charge on any atom is 0.231 e. The number of alkyl halides is 1. The number of imidazole rings is 1. The average molecular weight is 534 g/mol. The molecule has 0 bridgehead atoms. The molecule has 3 aromatic rings. The number of aromatic nitrogens is 4. The number of nitrogens with two attached hydrogens (primary N) is 1. The van der Waals surface area contributed by atoms with E-state index in [2.05, 4.69) is 58.0 Å². The maximum absolute atomic E-state index is 5.98. The zero-order valence-corrected chi connectivity index (χ0v) is 17.5. The number of ether oxygens (including phenoxy) is 2. The van der Waals surface area contributed by atoms with Crippen LogP contribution in [0.2, 0.25) is 0 Å². The van der Waals surface area contributed by atoms with Gasteiger partial charge in [0.15, 0.2) is 33.6 Å². The summed E-state index contributed by atoms with van der Waals surface area (Å²) in [5, 5.41) is 1.73. The van der Waals surface area contributed by atoms with Crippen LogP contribution in [0.1, 0.15) is 6.42 Å². The number of hydrogen-bond acceptors (Lipinski definition) is 7. The van der Waals surface area contributed by atoms with E-state index in [4.69, 9.17) is 15.2 Å². The van der Waals surface area contributed by atoms with Crippen LogP contribution in [0.3, 0.4) is 0 Å². The highest BCUT2D eigenvalue weighted by molar-refractivity contribution is 14.1. The first-order valence-corrected chi connectivity index (χ1v) is 10.5. The van der Waals surface area contributed by atoms with Gasteiger partial charge in [0.2, 0.25) is 6.79 Å². The lowest BCUT2D eigenvalue weighted by atomic mass is 10.3. The lowest BCUT2D eigenvalue weighted by Crippen LogP contribution is -2.02. The summed E-state index contributed by atoms with van der Waals surface area (Å²) in [5.74, 6) is 1.92. The molecule has 0 spiro atoms. The number of rotatable bonds is 5. The highest BCUT2D eigenvalue weighted by Crippen LogP contribution is 2.41. The molecule has 7 nitrogen and oxygen atoms in total. The van der Waals surface area contributed by atoms with Gasteiger partial charge in [0, 0.05) is 20.3 Å². The van der Waals surface area contributed by atoms with Gasteiger partial charge in [0.25, 0.3) is 0 Å². The normalized spacial score (nSPS) is 12.9. The third-order valence-electron chi connectivity index (χ3n) is 3.67. The minimum absolute atomic E-state index is 0.259. The summed E-state index contributed by atoms with van der Waals surface area (Å²) in [6, 6.07) is 3.96. The molecule has 130 valence electrons. The Kier molecular flexibility index (Phi) is 4.91. The molecule has 1 aromatic carbocycles. The highest BCUT2D eigenvalue weighted by atomic mass is 127. The van der Waals surface area contributed by atoms with Crippen molar-refractivity contribution < 1.29 is 9.47 Å². The third-order valence-corrected chi connectivity index (χ3v) is 6.54. The number of hydrogen-bond donors (Lipinski definition) is 1. The van der Waals surface area contributed by atoms with E-state index in [1.807, 2.05) is 12.1 Å². The molecule has 25 heavy (non-hydrogen) atoms. The lowest BCUT2D eigenvalue weighted by molar-refractivity contribution is 0.174. The lowest BCUT2D eigenvalue weighted by Gasteiger charge is -2.09. The van der Waals surface area contributed by atoms with Crippen molar-refractivity contribution in [2.45, 2.75) is 23.0 Å². The van der Waals surface area contributed by atoms with Crippen LogP contribution in [-0.4, -0.2) is 31.6 Å². The van der Waals surface area contributed by atoms with Crippen molar-refractivity contribution in [3.05, 3.63) is 22.0 Å². The summed E-state index contributed by atoms with van der Waals surface area (Å²) >= 11 is 7.34. The van der Waals surface area contributed by atoms with Gasteiger partial charge in [-0.2, -0.15) is 0 Å². The molecule has 0 saturated heterocycles. The molecule has 10 heteroatoms. The largest absolute Gasteiger partial charge is 0.454 e. The number of fused-ring (bicyclic) bond motifs is 2. The minimum atomic E-state index is 0.259. The zero-order valence-electron chi connectivity index (χ0n) is 12.9. The van der Waals surface area contributed by atoms with Crippen LogP contribution in [0.25, 0.3) is 11.2 Å². The van der Waals surface area contributed by atoms with Gasteiger partial charge in [-0.05, 0) is 41.1 Å². The quantitative estimate of drug-likeness (QED) is 0.395. The predicted molar refractivity (Wildman–Crippen MR) is 108 cm³/mol. The van der Waals surface area contributed by atoms with E-state index in [1.54, 1.807) is 11.8 Å². The molecule has 0 atom stereocenters. The van der Waals surface area contributed by atoms with Crippen molar-refractivity contribution in [3.63, 3.8) is 0 Å². The van der Waals surface area contributed by atoms with Crippen LogP contribution < -0.4 is 15.2 Å². The smallest absolute Gasteiger partial charge is 0.231 e. The van der Waals surface area contributed by atoms with Gasteiger partial charge in [-0.25, -0.2) is 15.0 Å². The van der Waals surface area contributed by atoms with Gasteiger partial charge in [-0.1, -0.05) is 27.7 Å². The van der Waals surface area contributed by atoms with Crippen molar-refractivity contribution in [2.75, 3.05) is 17.9 Å². The topological polar surface area (TPSA) is 88.1 Å². The van der Waals surface area contributed by atoms with E-state index in [-0.39, 0.29) is 6.79 Å². The van der Waals surface area contributed by atoms with E-state index >= 15 is 0 Å². The monoisotopic (exact) mass is 533 g/mol. The molecule has 0 unspecified atom stereocenters. The molecule has 4 rings (SSSR count). The van der Waals surface area contributed by atoms with E-state index < -0.39 is 0 Å². The van der Waals surface area contributed by atoms with Crippen molar-refractivity contribution in [3.8, 4) is 11.5 Å². The Bertz CT molecular complexity index is 951. The summed E-state index contributed by atoms with van der Waals surface area (Å²) in [6.45, 7) is 1.05. The molecule has 1 aliphatic heterocycles. The molecule has 0 saturated carbocycles. The van der Waals surface area contributed by atoms with E-state index in [1.165, 1.54) is 6.33 Å². The third kappa shape index (κ3) is 3.26. The number of anilines is 1. The Morgan fingerprint density at radius 3 is 2.88 bits per heavy atom. The second-order valence-electron chi connectivity index (χ2n) is 5.26. The number of benzene rings is 1. The molecule has 2 aromatic heterocycles. The summed E-state index contributed by atoms with van der Waals surface area (Å²) in [4.78, 5) is 14.1. The molecular weight excluding hydrogens is 521 g/mol. The van der Waals surface area contributed by atoms with Gasteiger partial charge < -0.3 is 19.8 Å². The van der Waals surface area contributed by atoms with Crippen LogP contribution in [0.5, 0.6) is 11.5 Å². The molecule has 1 aliphatic rings. The van der Waals surface area contributed by atoms with Gasteiger partial charge >= 0.3 is 0 Å². The Hall–Kier alpha value is -1.27. The van der Waals surface area contributed by atoms with Gasteiger partial charge in [0.1, 0.15) is 6.33 Å². The summed E-state index contributed by atoms with van der Waals surface area (Å²) in [7, 11) is 0. The molecule has 3 heterocycles. The second kappa shape index (κ2) is 7.16. The summed E-state index contributed by atoms with van der Waals surface area (Å²) < 4.78 is 14.1. The first-order valence-electron chi connectivity index (χ1n) is 7.47. The van der Waals surface area contributed by atoms with Crippen molar-refractivity contribution in [1.82, 2.24) is 19.5 Å². The van der Waals surface area contributed by atoms with Crippen molar-refractivity contribution >= 4 is 67.3 Å². The number of nitrogens with zero attached hydrogens (tertiary/aromatic N) is 4. The first-order chi connectivity index (χ1) is 12.2. The highest BCUT2D eigenvalue weighted by Gasteiger charge is 2.20. The van der Waals surface area contributed by atoms with E-state index in [0.29, 0.717) is 11.3 Å². The van der Waals surface area contributed by atoms with Crippen molar-refractivity contribution in [1.29, 1.82) is 0 Å². The van der Waals surface area contributed by atoms with Crippen molar-refractivity contribution in [2.24, 2.45) is 0 Å². The SMILES string of the molecule is Nc1ncnc2c1nc(Sc1cc3c(cc1I)OCO3)n2CCCBr. The Morgan fingerprint density at radius 1 is 1.28 bits per heavy atom. The number of nitrogen functional groups attached to an aromatic ring is 1. The fourth-order valence-electron chi connectivity index (χ4n) is 2.51. The van der Waals surface area contributed by atoms with Gasteiger partial charge in [-0.15, -0.1) is 0 Å². The van der Waals surface area contributed by atoms with Gasteiger partial charge in [0.05, 0.1) is 0 Å². The number of aryl methyl sites for hydroxylation is 1. The Labute approximate surface area is 170 Å². The second-order valence-corrected chi connectivity index (χ2v) is 8.22. The Morgan fingerprint density at radius 2 is 2.08 bits per heavy atom. The van der Waals surface area contributed by atoms with E-state index in [9.17, 15) is 0 Å². The molecule has 2 N–H and O–H groups in total.